The second-order valence-electron chi connectivity index (χ2n) is 9.88. The van der Waals surface area contributed by atoms with Gasteiger partial charge in [-0.05, 0) is 37.8 Å². The number of sulfonamides is 1. The van der Waals surface area contributed by atoms with Crippen LogP contribution in [0.25, 0.3) is 0 Å². The van der Waals surface area contributed by atoms with Crippen LogP contribution in [-0.4, -0.2) is 68.5 Å². The normalized spacial score (nSPS) is 26.6. The Kier molecular flexibility index (Phi) is 4.22. The first-order chi connectivity index (χ1) is 13.5. The smallest absolute Gasteiger partial charge is 0.286 e. The van der Waals surface area contributed by atoms with Crippen molar-refractivity contribution in [3.05, 3.63) is 23.5 Å². The van der Waals surface area contributed by atoms with E-state index in [1.165, 1.54) is 30.1 Å². The second kappa shape index (κ2) is 6.18. The molecule has 3 saturated heterocycles. The summed E-state index contributed by atoms with van der Waals surface area (Å²) >= 11 is 0. The van der Waals surface area contributed by atoms with Gasteiger partial charge in [0.1, 0.15) is 10.6 Å². The van der Waals surface area contributed by atoms with Crippen molar-refractivity contribution in [3.8, 4) is 0 Å². The van der Waals surface area contributed by atoms with Crippen LogP contribution in [0.5, 0.6) is 0 Å². The minimum absolute atomic E-state index is 0.0269. The molecular formula is C20H27F2N3O3S. The van der Waals surface area contributed by atoms with E-state index in [0.717, 1.165) is 51.8 Å². The molecule has 1 aliphatic carbocycles. The third-order valence-corrected chi connectivity index (χ3v) is 8.95. The van der Waals surface area contributed by atoms with Crippen molar-refractivity contribution in [1.82, 2.24) is 14.2 Å². The maximum atomic E-state index is 13.4. The third-order valence-electron chi connectivity index (χ3n) is 7.02. The fourth-order valence-electron chi connectivity index (χ4n) is 5.59. The van der Waals surface area contributed by atoms with Gasteiger partial charge in [0.25, 0.3) is 5.92 Å². The molecular weight excluding hydrogens is 400 g/mol. The maximum Gasteiger partial charge on any atom is 0.286 e. The Morgan fingerprint density at radius 1 is 1.17 bits per heavy atom. The number of pyridine rings is 1. The molecule has 5 rings (SSSR count). The van der Waals surface area contributed by atoms with E-state index in [4.69, 9.17) is 4.74 Å². The fourth-order valence-corrected chi connectivity index (χ4v) is 7.42. The van der Waals surface area contributed by atoms with Crippen molar-refractivity contribution in [2.45, 2.75) is 37.5 Å². The van der Waals surface area contributed by atoms with Crippen LogP contribution in [0.4, 0.5) is 8.78 Å². The molecule has 0 radical (unpaired) electrons. The molecule has 9 heteroatoms. The zero-order chi connectivity index (χ0) is 20.7. The summed E-state index contributed by atoms with van der Waals surface area (Å²) in [5.74, 6) is -2.34. The predicted octanol–water partition coefficient (Wildman–Crippen LogP) is 2.23. The number of aromatic nitrogens is 1. The maximum absolute atomic E-state index is 13.4. The van der Waals surface area contributed by atoms with E-state index in [1.807, 2.05) is 0 Å². The summed E-state index contributed by atoms with van der Waals surface area (Å²) in [4.78, 5) is 6.30. The highest BCUT2D eigenvalue weighted by molar-refractivity contribution is 7.89. The van der Waals surface area contributed by atoms with E-state index in [-0.39, 0.29) is 16.0 Å². The van der Waals surface area contributed by atoms with Gasteiger partial charge < -0.3 is 9.64 Å². The number of aryl methyl sites for hydroxylation is 1. The Bertz CT molecular complexity index is 921. The summed E-state index contributed by atoms with van der Waals surface area (Å²) in [7, 11) is -3.69. The molecule has 4 fully saturated rings. The molecule has 1 saturated carbocycles. The number of alkyl halides is 2. The first kappa shape index (κ1) is 19.8. The molecule has 6 nitrogen and oxygen atoms in total. The lowest BCUT2D eigenvalue weighted by molar-refractivity contribution is -0.188. The van der Waals surface area contributed by atoms with Gasteiger partial charge in [0.05, 0.1) is 18.9 Å². The molecule has 0 aromatic carbocycles. The molecule has 2 spiro atoms. The van der Waals surface area contributed by atoms with Crippen LogP contribution in [0, 0.1) is 23.7 Å². The molecule has 1 aromatic heterocycles. The highest BCUT2D eigenvalue weighted by atomic mass is 32.2. The third kappa shape index (κ3) is 3.21. The monoisotopic (exact) mass is 427 g/mol. The van der Waals surface area contributed by atoms with Gasteiger partial charge in [0.15, 0.2) is 0 Å². The fraction of sp³-hybridized carbons (Fsp3) is 0.750. The SMILES string of the molecule is Cc1nc(C(C)(F)F)ccc1S(=O)(=O)N1CC2(CN(CC3CC4(COC4)C3)C2)C1. The number of nitrogens with zero attached hydrogens (tertiary/aromatic N) is 3. The Hall–Kier alpha value is -1.16. The van der Waals surface area contributed by atoms with Gasteiger partial charge in [0.2, 0.25) is 10.0 Å². The number of hydrogen-bond acceptors (Lipinski definition) is 5. The van der Waals surface area contributed by atoms with E-state index in [9.17, 15) is 17.2 Å². The molecule has 3 aliphatic heterocycles. The van der Waals surface area contributed by atoms with Crippen molar-refractivity contribution < 1.29 is 21.9 Å². The largest absolute Gasteiger partial charge is 0.380 e. The lowest BCUT2D eigenvalue weighted by Crippen LogP contribution is -2.73. The highest BCUT2D eigenvalue weighted by Crippen LogP contribution is 2.52. The lowest BCUT2D eigenvalue weighted by atomic mass is 9.60. The minimum Gasteiger partial charge on any atom is -0.380 e. The van der Waals surface area contributed by atoms with Gasteiger partial charge in [-0.15, -0.1) is 0 Å². The van der Waals surface area contributed by atoms with Crippen LogP contribution in [-0.2, 0) is 20.7 Å². The highest BCUT2D eigenvalue weighted by Gasteiger charge is 2.57. The average Bonchev–Trinajstić information content (AvgIpc) is 2.46. The first-order valence-electron chi connectivity index (χ1n) is 10.2. The number of rotatable bonds is 5. The summed E-state index contributed by atoms with van der Waals surface area (Å²) in [6.07, 6.45) is 2.52. The molecule has 0 N–H and O–H groups in total. The van der Waals surface area contributed by atoms with Gasteiger partial charge in [-0.3, -0.25) is 4.98 Å². The molecule has 0 atom stereocenters. The molecule has 160 valence electrons. The van der Waals surface area contributed by atoms with Crippen LogP contribution in [0.3, 0.4) is 0 Å². The zero-order valence-electron chi connectivity index (χ0n) is 16.8. The molecule has 0 unspecified atom stereocenters. The van der Waals surface area contributed by atoms with Gasteiger partial charge in [0, 0.05) is 50.5 Å². The molecule has 4 heterocycles. The van der Waals surface area contributed by atoms with E-state index in [1.54, 1.807) is 0 Å². The molecule has 29 heavy (non-hydrogen) atoms. The van der Waals surface area contributed by atoms with Crippen LogP contribution < -0.4 is 0 Å². The summed E-state index contributed by atoms with van der Waals surface area (Å²) in [6.45, 7) is 8.06. The van der Waals surface area contributed by atoms with Crippen molar-refractivity contribution in [3.63, 3.8) is 0 Å². The van der Waals surface area contributed by atoms with Gasteiger partial charge in [-0.2, -0.15) is 13.1 Å². The quantitative estimate of drug-likeness (QED) is 0.721. The van der Waals surface area contributed by atoms with Crippen LogP contribution >= 0.6 is 0 Å². The van der Waals surface area contributed by atoms with Crippen LogP contribution in [0.2, 0.25) is 0 Å². The number of hydrogen-bond donors (Lipinski definition) is 0. The Labute approximate surface area is 170 Å². The van der Waals surface area contributed by atoms with Crippen molar-refractivity contribution in [2.75, 3.05) is 45.9 Å². The van der Waals surface area contributed by atoms with Crippen LogP contribution in [0.1, 0.15) is 31.2 Å². The second-order valence-corrected chi connectivity index (χ2v) is 11.8. The standard InChI is InChI=1S/C20H27F2N3O3S/c1-14-16(3-4-17(23-14)18(2,21)22)29(26,27)25-10-20(11-25)8-24(9-20)7-15-5-19(6-15)12-28-13-19/h3-4,15H,5-13H2,1-2H3. The number of likely N-dealkylation sites (tertiary alicyclic amines) is 1. The average molecular weight is 428 g/mol. The van der Waals surface area contributed by atoms with Crippen molar-refractivity contribution in [2.24, 2.45) is 16.7 Å². The van der Waals surface area contributed by atoms with E-state index >= 15 is 0 Å². The van der Waals surface area contributed by atoms with Crippen LogP contribution in [0.15, 0.2) is 17.0 Å². The predicted molar refractivity (Wildman–Crippen MR) is 102 cm³/mol. The number of ether oxygens (including phenoxy) is 1. The molecule has 0 amide bonds. The molecule has 4 aliphatic rings. The summed E-state index contributed by atoms with van der Waals surface area (Å²) in [6, 6.07) is 2.37. The first-order valence-corrected chi connectivity index (χ1v) is 11.6. The summed E-state index contributed by atoms with van der Waals surface area (Å²) < 4.78 is 59.5. The molecule has 0 bridgehead atoms. The van der Waals surface area contributed by atoms with E-state index in [2.05, 4.69) is 9.88 Å². The zero-order valence-corrected chi connectivity index (χ0v) is 17.6. The lowest BCUT2D eigenvalue weighted by Gasteiger charge is -2.62. The Morgan fingerprint density at radius 3 is 2.34 bits per heavy atom. The summed E-state index contributed by atoms with van der Waals surface area (Å²) in [5, 5.41) is 0. The van der Waals surface area contributed by atoms with Gasteiger partial charge in [-0.1, -0.05) is 0 Å². The topological polar surface area (TPSA) is 62.7 Å². The Morgan fingerprint density at radius 2 is 1.83 bits per heavy atom. The minimum atomic E-state index is -3.69. The van der Waals surface area contributed by atoms with E-state index < -0.39 is 21.6 Å². The Balaban J connectivity index is 1.16. The van der Waals surface area contributed by atoms with Gasteiger partial charge >= 0.3 is 0 Å². The number of halogens is 2. The van der Waals surface area contributed by atoms with Crippen molar-refractivity contribution in [1.29, 1.82) is 0 Å². The van der Waals surface area contributed by atoms with Crippen molar-refractivity contribution >= 4 is 10.0 Å². The summed E-state index contributed by atoms with van der Waals surface area (Å²) in [5.41, 5.74) is 0.262. The molecule has 1 aromatic rings. The van der Waals surface area contributed by atoms with Gasteiger partial charge in [-0.25, -0.2) is 8.42 Å². The van der Waals surface area contributed by atoms with E-state index in [0.29, 0.717) is 18.5 Å².